The third-order valence-corrected chi connectivity index (χ3v) is 3.39. The van der Waals surface area contributed by atoms with Crippen molar-refractivity contribution in [3.8, 4) is 0 Å². The Morgan fingerprint density at radius 1 is 1.62 bits per heavy atom. The second-order valence-corrected chi connectivity index (χ2v) is 4.03. The first-order chi connectivity index (χ1) is 6.22. The zero-order chi connectivity index (χ0) is 9.42. The van der Waals surface area contributed by atoms with Gasteiger partial charge in [-0.15, -0.1) is 6.58 Å². The van der Waals surface area contributed by atoms with Gasteiger partial charge in [0.25, 0.3) is 0 Å². The van der Waals surface area contributed by atoms with E-state index >= 15 is 0 Å². The topological polar surface area (TPSA) is 40.5 Å². The highest BCUT2D eigenvalue weighted by atomic mass is 16.4. The molecule has 0 spiro atoms. The number of carboxylic acids is 1. The van der Waals surface area contributed by atoms with E-state index in [0.29, 0.717) is 11.8 Å². The summed E-state index contributed by atoms with van der Waals surface area (Å²) in [5.74, 6) is 0.417. The molecule has 0 amide bonds. The van der Waals surface area contributed by atoms with E-state index in [1.165, 1.54) is 0 Å². The van der Waals surface area contributed by atoms with E-state index in [0.717, 1.165) is 25.9 Å². The molecule has 0 saturated carbocycles. The first-order valence-corrected chi connectivity index (χ1v) is 4.81. The number of nitrogens with zero attached hydrogens (tertiary/aromatic N) is 1. The number of fused-ring (bicyclic) bond motifs is 3. The molecule has 2 bridgehead atoms. The molecule has 3 heterocycles. The van der Waals surface area contributed by atoms with Gasteiger partial charge in [-0.25, -0.2) is 0 Å². The zero-order valence-corrected chi connectivity index (χ0v) is 7.65. The van der Waals surface area contributed by atoms with Gasteiger partial charge in [0.1, 0.15) is 6.04 Å². The molecule has 0 radical (unpaired) electrons. The molecule has 1 N–H and O–H groups in total. The summed E-state index contributed by atoms with van der Waals surface area (Å²) in [6, 6.07) is -0.227. The number of piperidine rings is 3. The lowest BCUT2D eigenvalue weighted by Gasteiger charge is -2.47. The lowest BCUT2D eigenvalue weighted by molar-refractivity contribution is -0.148. The highest BCUT2D eigenvalue weighted by Gasteiger charge is 2.41. The Morgan fingerprint density at radius 3 is 2.85 bits per heavy atom. The van der Waals surface area contributed by atoms with Gasteiger partial charge in [-0.3, -0.25) is 9.69 Å². The van der Waals surface area contributed by atoms with Gasteiger partial charge in [-0.1, -0.05) is 6.08 Å². The van der Waals surface area contributed by atoms with E-state index in [1.807, 2.05) is 6.08 Å². The summed E-state index contributed by atoms with van der Waals surface area (Å²) in [6.45, 7) is 5.64. The van der Waals surface area contributed by atoms with Crippen molar-refractivity contribution in [1.82, 2.24) is 4.90 Å². The molecule has 3 saturated heterocycles. The molecule has 3 aliphatic heterocycles. The first kappa shape index (κ1) is 8.75. The van der Waals surface area contributed by atoms with Crippen LogP contribution in [0.5, 0.6) is 0 Å². The molecule has 3 heteroatoms. The maximum absolute atomic E-state index is 10.9. The fourth-order valence-corrected chi connectivity index (χ4v) is 2.59. The Labute approximate surface area is 78.0 Å². The number of carbonyl (C=O) groups is 1. The summed E-state index contributed by atoms with van der Waals surface area (Å²) in [6.07, 6.45) is 3.93. The van der Waals surface area contributed by atoms with E-state index < -0.39 is 5.97 Å². The highest BCUT2D eigenvalue weighted by molar-refractivity contribution is 5.73. The Bertz CT molecular complexity index is 239. The summed E-state index contributed by atoms with van der Waals surface area (Å²) in [4.78, 5) is 12.9. The highest BCUT2D eigenvalue weighted by Crippen LogP contribution is 2.36. The number of aliphatic carboxylic acids is 1. The monoisotopic (exact) mass is 181 g/mol. The standard InChI is InChI=1S/C10H15NO2/c1-2-7-6-11-4-3-8(7)5-9(11)10(12)13/h2,7-9H,1,3-6H2,(H,12,13)/t7-,8-,9+/m0/s1. The van der Waals surface area contributed by atoms with Gasteiger partial charge < -0.3 is 5.11 Å². The third-order valence-electron chi connectivity index (χ3n) is 3.39. The van der Waals surface area contributed by atoms with E-state index in [-0.39, 0.29) is 6.04 Å². The van der Waals surface area contributed by atoms with Gasteiger partial charge in [-0.05, 0) is 31.2 Å². The van der Waals surface area contributed by atoms with Crippen molar-refractivity contribution >= 4 is 5.97 Å². The van der Waals surface area contributed by atoms with Gasteiger partial charge in [0.2, 0.25) is 0 Å². The summed E-state index contributed by atoms with van der Waals surface area (Å²) < 4.78 is 0. The van der Waals surface area contributed by atoms with Crippen LogP contribution in [-0.4, -0.2) is 35.1 Å². The molecule has 1 unspecified atom stereocenters. The molecule has 3 rings (SSSR count). The Hall–Kier alpha value is -0.830. The average molecular weight is 181 g/mol. The number of carboxylic acid groups (broad SMARTS) is 1. The fourth-order valence-electron chi connectivity index (χ4n) is 2.59. The van der Waals surface area contributed by atoms with E-state index in [4.69, 9.17) is 5.11 Å². The van der Waals surface area contributed by atoms with Crippen molar-refractivity contribution in [2.75, 3.05) is 13.1 Å². The summed E-state index contributed by atoms with van der Waals surface area (Å²) >= 11 is 0. The fraction of sp³-hybridized carbons (Fsp3) is 0.700. The second kappa shape index (κ2) is 3.14. The molecule has 3 nitrogen and oxygen atoms in total. The predicted octanol–water partition coefficient (Wildman–Crippen LogP) is 0.967. The number of rotatable bonds is 2. The molecule has 0 aromatic heterocycles. The van der Waals surface area contributed by atoms with Crippen LogP contribution < -0.4 is 0 Å². The van der Waals surface area contributed by atoms with E-state index in [9.17, 15) is 4.79 Å². The second-order valence-electron chi connectivity index (χ2n) is 4.03. The van der Waals surface area contributed by atoms with Crippen molar-refractivity contribution in [3.05, 3.63) is 12.7 Å². The van der Waals surface area contributed by atoms with Crippen LogP contribution in [0.25, 0.3) is 0 Å². The molecule has 72 valence electrons. The summed E-state index contributed by atoms with van der Waals surface area (Å²) in [5.41, 5.74) is 0. The molecule has 0 aromatic carbocycles. The minimum absolute atomic E-state index is 0.227. The maximum Gasteiger partial charge on any atom is 0.320 e. The third kappa shape index (κ3) is 1.37. The molecular formula is C10H15NO2. The van der Waals surface area contributed by atoms with E-state index in [2.05, 4.69) is 11.5 Å². The van der Waals surface area contributed by atoms with E-state index in [1.54, 1.807) is 0 Å². The first-order valence-electron chi connectivity index (χ1n) is 4.81. The van der Waals surface area contributed by atoms with Crippen LogP contribution in [0.15, 0.2) is 12.7 Å². The molecule has 3 aliphatic rings. The van der Waals surface area contributed by atoms with Gasteiger partial charge >= 0.3 is 5.97 Å². The van der Waals surface area contributed by atoms with Crippen molar-refractivity contribution in [3.63, 3.8) is 0 Å². The minimum atomic E-state index is -0.660. The minimum Gasteiger partial charge on any atom is -0.480 e. The lowest BCUT2D eigenvalue weighted by Crippen LogP contribution is -2.55. The Morgan fingerprint density at radius 2 is 2.38 bits per heavy atom. The largest absolute Gasteiger partial charge is 0.480 e. The van der Waals surface area contributed by atoms with Crippen LogP contribution in [0.1, 0.15) is 12.8 Å². The molecule has 0 aliphatic carbocycles. The number of hydrogen-bond donors (Lipinski definition) is 1. The molecule has 0 aromatic rings. The van der Waals surface area contributed by atoms with Crippen LogP contribution in [-0.2, 0) is 4.79 Å². The van der Waals surface area contributed by atoms with Crippen LogP contribution in [0.4, 0.5) is 0 Å². The smallest absolute Gasteiger partial charge is 0.320 e. The quantitative estimate of drug-likeness (QED) is 0.645. The van der Waals surface area contributed by atoms with Gasteiger partial charge in [0, 0.05) is 6.54 Å². The summed E-state index contributed by atoms with van der Waals surface area (Å²) in [5, 5.41) is 8.95. The molecular weight excluding hydrogens is 166 g/mol. The maximum atomic E-state index is 10.9. The van der Waals surface area contributed by atoms with Gasteiger partial charge in [0.05, 0.1) is 0 Å². The zero-order valence-electron chi connectivity index (χ0n) is 7.65. The van der Waals surface area contributed by atoms with Crippen molar-refractivity contribution in [1.29, 1.82) is 0 Å². The SMILES string of the molecule is C=C[C@H]1CN2CC[C@H]1C[C@@H]2C(=O)O. The van der Waals surface area contributed by atoms with Gasteiger partial charge in [-0.2, -0.15) is 0 Å². The van der Waals surface area contributed by atoms with Crippen molar-refractivity contribution in [2.24, 2.45) is 11.8 Å². The Balaban J connectivity index is 2.11. The Kier molecular flexibility index (Phi) is 2.12. The molecule has 3 fully saturated rings. The number of hydrogen-bond acceptors (Lipinski definition) is 2. The van der Waals surface area contributed by atoms with Crippen LogP contribution in [0.3, 0.4) is 0 Å². The van der Waals surface area contributed by atoms with Crippen LogP contribution in [0, 0.1) is 11.8 Å². The van der Waals surface area contributed by atoms with Crippen molar-refractivity contribution < 1.29 is 9.90 Å². The summed E-state index contributed by atoms with van der Waals surface area (Å²) in [7, 11) is 0. The molecule has 4 atom stereocenters. The normalized spacial score (nSPS) is 43.1. The average Bonchev–Trinajstić information content (AvgIpc) is 2.18. The van der Waals surface area contributed by atoms with Crippen LogP contribution >= 0.6 is 0 Å². The lowest BCUT2D eigenvalue weighted by atomic mass is 9.76. The molecule has 13 heavy (non-hydrogen) atoms. The predicted molar refractivity (Wildman–Crippen MR) is 49.4 cm³/mol. The van der Waals surface area contributed by atoms with Crippen molar-refractivity contribution in [2.45, 2.75) is 18.9 Å². The van der Waals surface area contributed by atoms with Gasteiger partial charge in [0.15, 0.2) is 0 Å². The van der Waals surface area contributed by atoms with Crippen LogP contribution in [0.2, 0.25) is 0 Å².